The summed E-state index contributed by atoms with van der Waals surface area (Å²) in [6.07, 6.45) is 7.06. The molecule has 0 saturated carbocycles. The van der Waals surface area contributed by atoms with Crippen LogP contribution in [0.5, 0.6) is 0 Å². The molecule has 0 aliphatic carbocycles. The molecule has 20 heavy (non-hydrogen) atoms. The number of hydrogen-bond acceptors (Lipinski definition) is 2. The molecule has 3 heteroatoms. The highest BCUT2D eigenvalue weighted by Crippen LogP contribution is 2.20. The summed E-state index contributed by atoms with van der Waals surface area (Å²) in [7, 11) is 0. The Hall–Kier alpha value is -1.61. The number of aryl methyl sites for hydroxylation is 1. The summed E-state index contributed by atoms with van der Waals surface area (Å²) in [4.78, 5) is 7.55. The lowest BCUT2D eigenvalue weighted by Gasteiger charge is -2.21. The lowest BCUT2D eigenvalue weighted by Crippen LogP contribution is -2.25. The molecule has 1 aromatic heterocycles. The SMILES string of the molecule is CCCc1ccc(C(C)NC(CC)c2ncc[nH]2)cc1. The van der Waals surface area contributed by atoms with Crippen LogP contribution in [-0.2, 0) is 6.42 Å². The molecular formula is C17H25N3. The van der Waals surface area contributed by atoms with E-state index in [4.69, 9.17) is 0 Å². The average Bonchev–Trinajstić information content (AvgIpc) is 2.99. The Morgan fingerprint density at radius 3 is 2.50 bits per heavy atom. The molecule has 2 rings (SSSR count). The number of imidazole rings is 1. The molecule has 0 spiro atoms. The highest BCUT2D eigenvalue weighted by atomic mass is 15.0. The Balaban J connectivity index is 2.01. The molecule has 0 bridgehead atoms. The Morgan fingerprint density at radius 2 is 1.95 bits per heavy atom. The summed E-state index contributed by atoms with van der Waals surface area (Å²) in [5.74, 6) is 1.02. The van der Waals surface area contributed by atoms with Crippen molar-refractivity contribution in [2.45, 2.75) is 52.1 Å². The zero-order valence-corrected chi connectivity index (χ0v) is 12.7. The van der Waals surface area contributed by atoms with Gasteiger partial charge in [-0.15, -0.1) is 0 Å². The first kappa shape index (κ1) is 14.8. The average molecular weight is 271 g/mol. The molecule has 108 valence electrons. The van der Waals surface area contributed by atoms with Gasteiger partial charge in [-0.25, -0.2) is 4.98 Å². The van der Waals surface area contributed by atoms with Gasteiger partial charge in [-0.05, 0) is 30.9 Å². The molecule has 2 unspecified atom stereocenters. The highest BCUT2D eigenvalue weighted by molar-refractivity contribution is 5.25. The summed E-state index contributed by atoms with van der Waals surface area (Å²) in [6.45, 7) is 6.60. The minimum Gasteiger partial charge on any atom is -0.347 e. The van der Waals surface area contributed by atoms with E-state index in [1.165, 1.54) is 17.5 Å². The number of nitrogens with one attached hydrogen (secondary N) is 2. The molecule has 0 amide bonds. The number of benzene rings is 1. The Morgan fingerprint density at radius 1 is 1.20 bits per heavy atom. The van der Waals surface area contributed by atoms with E-state index in [1.54, 1.807) is 0 Å². The van der Waals surface area contributed by atoms with Crippen LogP contribution >= 0.6 is 0 Å². The summed E-state index contributed by atoms with van der Waals surface area (Å²) in [6, 6.07) is 9.54. The second-order valence-corrected chi connectivity index (χ2v) is 5.32. The molecule has 2 atom stereocenters. The van der Waals surface area contributed by atoms with Crippen molar-refractivity contribution < 1.29 is 0 Å². The topological polar surface area (TPSA) is 40.7 Å². The maximum absolute atomic E-state index is 4.35. The monoisotopic (exact) mass is 271 g/mol. The zero-order chi connectivity index (χ0) is 14.4. The molecule has 0 aliphatic rings. The largest absolute Gasteiger partial charge is 0.347 e. The Labute approximate surface area is 121 Å². The van der Waals surface area contributed by atoms with Crippen molar-refractivity contribution in [1.82, 2.24) is 15.3 Å². The molecule has 1 aromatic carbocycles. The first-order valence-electron chi connectivity index (χ1n) is 7.58. The van der Waals surface area contributed by atoms with Gasteiger partial charge in [-0.3, -0.25) is 0 Å². The molecule has 2 aromatic rings. The van der Waals surface area contributed by atoms with Gasteiger partial charge in [-0.1, -0.05) is 44.5 Å². The third-order valence-corrected chi connectivity index (χ3v) is 3.73. The molecule has 0 aliphatic heterocycles. The third kappa shape index (κ3) is 3.70. The standard InChI is InChI=1S/C17H25N3/c1-4-6-14-7-9-15(10-8-14)13(3)20-16(5-2)17-18-11-12-19-17/h7-13,16,20H,4-6H2,1-3H3,(H,18,19). The first-order chi connectivity index (χ1) is 9.74. The zero-order valence-electron chi connectivity index (χ0n) is 12.7. The van der Waals surface area contributed by atoms with Gasteiger partial charge in [0.25, 0.3) is 0 Å². The van der Waals surface area contributed by atoms with E-state index in [1.807, 2.05) is 12.4 Å². The van der Waals surface area contributed by atoms with E-state index in [0.29, 0.717) is 6.04 Å². The first-order valence-corrected chi connectivity index (χ1v) is 7.58. The lowest BCUT2D eigenvalue weighted by atomic mass is 10.0. The van der Waals surface area contributed by atoms with Crippen LogP contribution in [0.3, 0.4) is 0 Å². The van der Waals surface area contributed by atoms with Crippen molar-refractivity contribution in [3.63, 3.8) is 0 Å². The van der Waals surface area contributed by atoms with E-state index in [0.717, 1.165) is 18.7 Å². The van der Waals surface area contributed by atoms with Crippen molar-refractivity contribution in [2.24, 2.45) is 0 Å². The fraction of sp³-hybridized carbons (Fsp3) is 0.471. The predicted molar refractivity (Wildman–Crippen MR) is 83.6 cm³/mol. The summed E-state index contributed by atoms with van der Waals surface area (Å²) in [5.41, 5.74) is 2.75. The van der Waals surface area contributed by atoms with Crippen LogP contribution in [0.15, 0.2) is 36.7 Å². The summed E-state index contributed by atoms with van der Waals surface area (Å²) >= 11 is 0. The van der Waals surface area contributed by atoms with Crippen molar-refractivity contribution >= 4 is 0 Å². The van der Waals surface area contributed by atoms with Gasteiger partial charge in [-0.2, -0.15) is 0 Å². The molecule has 1 heterocycles. The van der Waals surface area contributed by atoms with Gasteiger partial charge in [0, 0.05) is 18.4 Å². The highest BCUT2D eigenvalue weighted by Gasteiger charge is 2.15. The Kier molecular flexibility index (Phi) is 5.36. The minimum atomic E-state index is 0.273. The van der Waals surface area contributed by atoms with Crippen LogP contribution in [-0.4, -0.2) is 9.97 Å². The molecular weight excluding hydrogens is 246 g/mol. The van der Waals surface area contributed by atoms with Gasteiger partial charge in [0.2, 0.25) is 0 Å². The summed E-state index contributed by atoms with van der Waals surface area (Å²) < 4.78 is 0. The number of aromatic amines is 1. The smallest absolute Gasteiger partial charge is 0.123 e. The number of hydrogen-bond donors (Lipinski definition) is 2. The Bertz CT molecular complexity index is 487. The fourth-order valence-corrected chi connectivity index (χ4v) is 2.52. The molecule has 3 nitrogen and oxygen atoms in total. The maximum Gasteiger partial charge on any atom is 0.123 e. The van der Waals surface area contributed by atoms with Crippen molar-refractivity contribution in [2.75, 3.05) is 0 Å². The number of rotatable bonds is 7. The predicted octanol–water partition coefficient (Wildman–Crippen LogP) is 4.16. The fourth-order valence-electron chi connectivity index (χ4n) is 2.52. The van der Waals surface area contributed by atoms with E-state index >= 15 is 0 Å². The molecule has 0 radical (unpaired) electrons. The van der Waals surface area contributed by atoms with E-state index < -0.39 is 0 Å². The molecule has 2 N–H and O–H groups in total. The van der Waals surface area contributed by atoms with Crippen LogP contribution < -0.4 is 5.32 Å². The molecule has 0 fully saturated rings. The van der Waals surface area contributed by atoms with Crippen molar-refractivity contribution in [3.05, 3.63) is 53.6 Å². The normalized spacial score (nSPS) is 14.2. The van der Waals surface area contributed by atoms with E-state index in [2.05, 4.69) is 60.3 Å². The van der Waals surface area contributed by atoms with Gasteiger partial charge in [0.05, 0.1) is 6.04 Å². The second kappa shape index (κ2) is 7.25. The van der Waals surface area contributed by atoms with E-state index in [9.17, 15) is 0 Å². The second-order valence-electron chi connectivity index (χ2n) is 5.32. The van der Waals surface area contributed by atoms with Gasteiger partial charge < -0.3 is 10.3 Å². The summed E-state index contributed by atoms with van der Waals surface area (Å²) in [5, 5.41) is 3.64. The maximum atomic E-state index is 4.35. The van der Waals surface area contributed by atoms with Gasteiger partial charge in [0.15, 0.2) is 0 Å². The number of H-pyrrole nitrogens is 1. The van der Waals surface area contributed by atoms with Crippen LogP contribution in [0.25, 0.3) is 0 Å². The van der Waals surface area contributed by atoms with E-state index in [-0.39, 0.29) is 6.04 Å². The third-order valence-electron chi connectivity index (χ3n) is 3.73. The quantitative estimate of drug-likeness (QED) is 0.793. The van der Waals surface area contributed by atoms with Crippen LogP contribution in [0.4, 0.5) is 0 Å². The van der Waals surface area contributed by atoms with Gasteiger partial charge >= 0.3 is 0 Å². The van der Waals surface area contributed by atoms with Crippen LogP contribution in [0.1, 0.15) is 62.6 Å². The minimum absolute atomic E-state index is 0.273. The van der Waals surface area contributed by atoms with Crippen molar-refractivity contribution in [3.8, 4) is 0 Å². The van der Waals surface area contributed by atoms with Crippen LogP contribution in [0, 0.1) is 0 Å². The number of nitrogens with zero attached hydrogens (tertiary/aromatic N) is 1. The number of aromatic nitrogens is 2. The molecule has 0 saturated heterocycles. The van der Waals surface area contributed by atoms with Gasteiger partial charge in [0.1, 0.15) is 5.82 Å². The van der Waals surface area contributed by atoms with Crippen molar-refractivity contribution in [1.29, 1.82) is 0 Å². The van der Waals surface area contributed by atoms with Crippen LogP contribution in [0.2, 0.25) is 0 Å². The lowest BCUT2D eigenvalue weighted by molar-refractivity contribution is 0.441.